The molecule has 84 valence electrons. The average molecular weight is 226 g/mol. The highest BCUT2D eigenvalue weighted by Crippen LogP contribution is 2.20. The zero-order valence-corrected chi connectivity index (χ0v) is 9.25. The van der Waals surface area contributed by atoms with Crippen molar-refractivity contribution in [3.05, 3.63) is 48.3 Å². The number of rotatable bonds is 1. The van der Waals surface area contributed by atoms with Crippen LogP contribution in [0.3, 0.4) is 0 Å². The van der Waals surface area contributed by atoms with E-state index in [9.17, 15) is 4.79 Å². The molecule has 3 aromatic rings. The fourth-order valence-electron chi connectivity index (χ4n) is 1.94. The van der Waals surface area contributed by atoms with Crippen molar-refractivity contribution in [3.63, 3.8) is 0 Å². The molecule has 0 amide bonds. The monoisotopic (exact) mass is 226 g/mol. The van der Waals surface area contributed by atoms with Gasteiger partial charge >= 0.3 is 5.97 Å². The molecule has 2 heterocycles. The number of esters is 1. The molecule has 0 unspecified atom stereocenters. The molecule has 0 spiro atoms. The van der Waals surface area contributed by atoms with E-state index in [1.54, 1.807) is 10.6 Å². The summed E-state index contributed by atoms with van der Waals surface area (Å²) in [6.45, 7) is 0. The maximum Gasteiger partial charge on any atom is 0.358 e. The molecule has 3 rings (SSSR count). The number of fused-ring (bicyclic) bond motifs is 3. The van der Waals surface area contributed by atoms with Crippen LogP contribution in [-0.2, 0) is 4.74 Å². The van der Waals surface area contributed by atoms with Crippen LogP contribution >= 0.6 is 0 Å². The van der Waals surface area contributed by atoms with Crippen LogP contribution in [0.2, 0.25) is 0 Å². The molecule has 0 saturated heterocycles. The minimum absolute atomic E-state index is 0.323. The Morgan fingerprint density at radius 1 is 1.29 bits per heavy atom. The lowest BCUT2D eigenvalue weighted by Gasteiger charge is -1.98. The van der Waals surface area contributed by atoms with Crippen LogP contribution in [0.5, 0.6) is 0 Å². The molecule has 0 saturated carbocycles. The number of pyridine rings is 1. The summed E-state index contributed by atoms with van der Waals surface area (Å²) in [6.07, 6.45) is 1.84. The van der Waals surface area contributed by atoms with Gasteiger partial charge in [-0.2, -0.15) is 5.10 Å². The van der Waals surface area contributed by atoms with Crippen LogP contribution in [0.1, 0.15) is 10.5 Å². The van der Waals surface area contributed by atoms with Crippen LogP contribution in [0.4, 0.5) is 0 Å². The van der Waals surface area contributed by atoms with Crippen molar-refractivity contribution in [2.24, 2.45) is 0 Å². The van der Waals surface area contributed by atoms with Gasteiger partial charge in [0.1, 0.15) is 0 Å². The van der Waals surface area contributed by atoms with Crippen molar-refractivity contribution in [3.8, 4) is 0 Å². The Bertz CT molecular complexity index is 716. The molecule has 0 bridgehead atoms. The Labute approximate surface area is 97.4 Å². The lowest BCUT2D eigenvalue weighted by atomic mass is 10.1. The van der Waals surface area contributed by atoms with E-state index in [-0.39, 0.29) is 0 Å². The van der Waals surface area contributed by atoms with E-state index >= 15 is 0 Å². The first-order valence-corrected chi connectivity index (χ1v) is 5.25. The molecule has 0 N–H and O–H groups in total. The summed E-state index contributed by atoms with van der Waals surface area (Å²) < 4.78 is 6.35. The molecule has 2 aromatic heterocycles. The topological polar surface area (TPSA) is 43.6 Å². The Hall–Kier alpha value is -2.36. The maximum atomic E-state index is 11.4. The summed E-state index contributed by atoms with van der Waals surface area (Å²) in [5, 5.41) is 6.36. The average Bonchev–Trinajstić information content (AvgIpc) is 2.82. The van der Waals surface area contributed by atoms with Gasteiger partial charge in [0.2, 0.25) is 0 Å². The number of benzene rings is 1. The second-order valence-electron chi connectivity index (χ2n) is 3.75. The summed E-state index contributed by atoms with van der Waals surface area (Å²) in [5.74, 6) is -0.419. The predicted molar refractivity (Wildman–Crippen MR) is 64.0 cm³/mol. The largest absolute Gasteiger partial charge is 0.464 e. The Kier molecular flexibility index (Phi) is 2.08. The second-order valence-corrected chi connectivity index (χ2v) is 3.75. The van der Waals surface area contributed by atoms with Gasteiger partial charge in [-0.25, -0.2) is 9.31 Å². The van der Waals surface area contributed by atoms with Crippen molar-refractivity contribution in [1.29, 1.82) is 0 Å². The van der Waals surface area contributed by atoms with E-state index in [1.807, 2.05) is 36.5 Å². The summed E-state index contributed by atoms with van der Waals surface area (Å²) in [6, 6.07) is 11.7. The van der Waals surface area contributed by atoms with E-state index in [0.29, 0.717) is 5.69 Å². The SMILES string of the molecule is COC(=O)c1cc2c3ccccc3ccn2n1. The molecule has 0 aliphatic heterocycles. The van der Waals surface area contributed by atoms with Gasteiger partial charge in [-0.1, -0.05) is 24.3 Å². The summed E-state index contributed by atoms with van der Waals surface area (Å²) in [4.78, 5) is 11.4. The van der Waals surface area contributed by atoms with Gasteiger partial charge in [-0.3, -0.25) is 0 Å². The van der Waals surface area contributed by atoms with Gasteiger partial charge in [0.25, 0.3) is 0 Å². The molecule has 4 nitrogen and oxygen atoms in total. The van der Waals surface area contributed by atoms with Crippen molar-refractivity contribution >= 4 is 22.3 Å². The zero-order chi connectivity index (χ0) is 11.8. The third-order valence-electron chi connectivity index (χ3n) is 2.76. The normalized spacial score (nSPS) is 10.9. The van der Waals surface area contributed by atoms with Crippen LogP contribution in [0.15, 0.2) is 42.6 Å². The Balaban J connectivity index is 2.35. The van der Waals surface area contributed by atoms with E-state index in [1.165, 1.54) is 7.11 Å². The number of carbonyl (C=O) groups excluding carboxylic acids is 1. The number of hydrogen-bond acceptors (Lipinski definition) is 3. The molecule has 4 heteroatoms. The molecule has 0 atom stereocenters. The smallest absolute Gasteiger partial charge is 0.358 e. The van der Waals surface area contributed by atoms with E-state index in [0.717, 1.165) is 16.3 Å². The number of ether oxygens (including phenoxy) is 1. The minimum atomic E-state index is -0.419. The van der Waals surface area contributed by atoms with Crippen LogP contribution in [0, 0.1) is 0 Å². The quantitative estimate of drug-likeness (QED) is 0.598. The highest BCUT2D eigenvalue weighted by Gasteiger charge is 2.11. The van der Waals surface area contributed by atoms with Crippen LogP contribution < -0.4 is 0 Å². The van der Waals surface area contributed by atoms with Crippen molar-refractivity contribution in [2.45, 2.75) is 0 Å². The molecule has 17 heavy (non-hydrogen) atoms. The first-order chi connectivity index (χ1) is 8.29. The fourth-order valence-corrected chi connectivity index (χ4v) is 1.94. The summed E-state index contributed by atoms with van der Waals surface area (Å²) in [5.41, 5.74) is 1.23. The first kappa shape index (κ1) is 9.84. The number of carbonyl (C=O) groups is 1. The van der Waals surface area contributed by atoms with Crippen LogP contribution in [-0.4, -0.2) is 22.7 Å². The number of nitrogens with zero attached hydrogens (tertiary/aromatic N) is 2. The lowest BCUT2D eigenvalue weighted by Crippen LogP contribution is -2.01. The molecule has 0 aliphatic carbocycles. The zero-order valence-electron chi connectivity index (χ0n) is 9.25. The van der Waals surface area contributed by atoms with Crippen LogP contribution in [0.25, 0.3) is 16.3 Å². The van der Waals surface area contributed by atoms with E-state index < -0.39 is 5.97 Å². The highest BCUT2D eigenvalue weighted by molar-refractivity contribution is 5.98. The van der Waals surface area contributed by atoms with Crippen molar-refractivity contribution in [1.82, 2.24) is 9.61 Å². The van der Waals surface area contributed by atoms with E-state index in [4.69, 9.17) is 0 Å². The number of aromatic nitrogens is 2. The van der Waals surface area contributed by atoms with Gasteiger partial charge in [0.15, 0.2) is 5.69 Å². The van der Waals surface area contributed by atoms with Gasteiger partial charge in [-0.05, 0) is 17.5 Å². The van der Waals surface area contributed by atoms with Gasteiger partial charge < -0.3 is 4.74 Å². The standard InChI is InChI=1S/C13H10N2O2/c1-17-13(16)11-8-12-10-5-3-2-4-9(10)6-7-15(12)14-11/h2-8H,1H3. The predicted octanol–water partition coefficient (Wildman–Crippen LogP) is 2.27. The highest BCUT2D eigenvalue weighted by atomic mass is 16.5. The molecule has 0 radical (unpaired) electrons. The van der Waals surface area contributed by atoms with Crippen molar-refractivity contribution < 1.29 is 9.53 Å². The number of hydrogen-bond donors (Lipinski definition) is 0. The molecule has 0 aliphatic rings. The van der Waals surface area contributed by atoms with Gasteiger partial charge in [-0.15, -0.1) is 0 Å². The molecular formula is C13H10N2O2. The first-order valence-electron chi connectivity index (χ1n) is 5.25. The third kappa shape index (κ3) is 1.45. The van der Waals surface area contributed by atoms with Gasteiger partial charge in [0, 0.05) is 11.6 Å². The Morgan fingerprint density at radius 3 is 2.94 bits per heavy atom. The fraction of sp³-hybridized carbons (Fsp3) is 0.0769. The third-order valence-corrected chi connectivity index (χ3v) is 2.76. The second kappa shape index (κ2) is 3.59. The summed E-state index contributed by atoms with van der Waals surface area (Å²) >= 11 is 0. The molecular weight excluding hydrogens is 216 g/mol. The minimum Gasteiger partial charge on any atom is -0.464 e. The van der Waals surface area contributed by atoms with Crippen molar-refractivity contribution in [2.75, 3.05) is 7.11 Å². The van der Waals surface area contributed by atoms with Gasteiger partial charge in [0.05, 0.1) is 12.6 Å². The summed E-state index contributed by atoms with van der Waals surface area (Å²) in [7, 11) is 1.35. The number of methoxy groups -OCH3 is 1. The molecule has 0 fully saturated rings. The van der Waals surface area contributed by atoms with E-state index in [2.05, 4.69) is 9.84 Å². The lowest BCUT2D eigenvalue weighted by molar-refractivity contribution is 0.0593. The Morgan fingerprint density at radius 2 is 2.12 bits per heavy atom. The molecule has 1 aromatic carbocycles. The maximum absolute atomic E-state index is 11.4.